The second-order valence-electron chi connectivity index (χ2n) is 6.26. The van der Waals surface area contributed by atoms with E-state index in [1.54, 1.807) is 0 Å². The first-order chi connectivity index (χ1) is 9.79. The van der Waals surface area contributed by atoms with Crippen LogP contribution < -0.4 is 5.32 Å². The highest BCUT2D eigenvalue weighted by molar-refractivity contribution is 5.20. The molecule has 0 bridgehead atoms. The topological polar surface area (TPSA) is 33.1 Å². The van der Waals surface area contributed by atoms with Gasteiger partial charge in [0.1, 0.15) is 5.82 Å². The number of piperidine rings is 1. The number of nitrogens with zero attached hydrogens (tertiary/aromatic N) is 3. The predicted molar refractivity (Wildman–Crippen MR) is 81.9 cm³/mol. The number of hydrogen-bond acceptors (Lipinski definition) is 3. The molecule has 1 aromatic heterocycles. The Morgan fingerprint density at radius 2 is 2.05 bits per heavy atom. The van der Waals surface area contributed by atoms with Crippen molar-refractivity contribution < 1.29 is 0 Å². The molecule has 1 N–H and O–H groups in total. The largest absolute Gasteiger partial charge is 0.330 e. The highest BCUT2D eigenvalue weighted by Gasteiger charge is 2.22. The van der Waals surface area contributed by atoms with E-state index in [0.29, 0.717) is 6.04 Å². The molecule has 4 nitrogen and oxygen atoms in total. The zero-order chi connectivity index (χ0) is 13.9. The molecule has 0 saturated carbocycles. The normalized spacial score (nSPS) is 21.7. The lowest BCUT2D eigenvalue weighted by molar-refractivity contribution is 0.158. The summed E-state index contributed by atoms with van der Waals surface area (Å²) in [5.41, 5.74) is 2.78. The van der Waals surface area contributed by atoms with E-state index in [0.717, 1.165) is 32.5 Å². The lowest BCUT2D eigenvalue weighted by Gasteiger charge is -2.33. The Bertz CT molecular complexity index is 446. The van der Waals surface area contributed by atoms with Crippen molar-refractivity contribution in [3.63, 3.8) is 0 Å². The lowest BCUT2D eigenvalue weighted by Crippen LogP contribution is -2.40. The summed E-state index contributed by atoms with van der Waals surface area (Å²) >= 11 is 0. The second-order valence-corrected chi connectivity index (χ2v) is 6.26. The van der Waals surface area contributed by atoms with Crippen molar-refractivity contribution in [2.24, 2.45) is 0 Å². The van der Waals surface area contributed by atoms with Gasteiger partial charge in [-0.2, -0.15) is 0 Å². The Labute approximate surface area is 122 Å². The van der Waals surface area contributed by atoms with Gasteiger partial charge in [-0.05, 0) is 32.9 Å². The zero-order valence-corrected chi connectivity index (χ0v) is 13.0. The molecule has 4 heteroatoms. The number of rotatable bonds is 4. The second kappa shape index (κ2) is 6.27. The smallest absolute Gasteiger partial charge is 0.109 e. The van der Waals surface area contributed by atoms with Crippen LogP contribution >= 0.6 is 0 Å². The van der Waals surface area contributed by atoms with Gasteiger partial charge in [0.2, 0.25) is 0 Å². The minimum absolute atomic E-state index is 0.633. The molecule has 0 spiro atoms. The third kappa shape index (κ3) is 2.77. The van der Waals surface area contributed by atoms with Gasteiger partial charge in [0, 0.05) is 44.2 Å². The van der Waals surface area contributed by atoms with E-state index in [2.05, 4.69) is 28.6 Å². The number of likely N-dealkylation sites (tertiary alicyclic amines) is 1. The number of fused-ring (bicyclic) bond motifs is 1. The zero-order valence-electron chi connectivity index (χ0n) is 13.0. The number of hydrogen-bond donors (Lipinski definition) is 1. The number of aromatic nitrogens is 2. The van der Waals surface area contributed by atoms with Crippen molar-refractivity contribution in [3.05, 3.63) is 17.2 Å². The van der Waals surface area contributed by atoms with Crippen LogP contribution in [0.5, 0.6) is 0 Å². The standard InChI is InChI=1S/C16H28N4/c1-3-16-18-14-11-17-8-7-15(14)20(16)12-13(2)19-9-5-4-6-10-19/h13,17H,3-12H2,1-2H3. The molecular weight excluding hydrogens is 248 g/mol. The van der Waals surface area contributed by atoms with E-state index in [9.17, 15) is 0 Å². The summed E-state index contributed by atoms with van der Waals surface area (Å²) in [5.74, 6) is 1.28. The fourth-order valence-corrected chi connectivity index (χ4v) is 3.65. The van der Waals surface area contributed by atoms with Crippen LogP contribution in [0.4, 0.5) is 0 Å². The molecule has 3 heterocycles. The van der Waals surface area contributed by atoms with Gasteiger partial charge >= 0.3 is 0 Å². The van der Waals surface area contributed by atoms with E-state index in [-0.39, 0.29) is 0 Å². The first kappa shape index (κ1) is 14.1. The maximum absolute atomic E-state index is 4.85. The molecule has 0 amide bonds. The summed E-state index contributed by atoms with van der Waals surface area (Å²) in [6, 6.07) is 0.633. The predicted octanol–water partition coefficient (Wildman–Crippen LogP) is 1.97. The van der Waals surface area contributed by atoms with Crippen LogP contribution in [0.2, 0.25) is 0 Å². The average molecular weight is 276 g/mol. The van der Waals surface area contributed by atoms with Gasteiger partial charge in [-0.1, -0.05) is 13.3 Å². The fourth-order valence-electron chi connectivity index (χ4n) is 3.65. The molecule has 20 heavy (non-hydrogen) atoms. The molecule has 2 aliphatic heterocycles. The highest BCUT2D eigenvalue weighted by Crippen LogP contribution is 2.20. The van der Waals surface area contributed by atoms with Crippen LogP contribution in [0.1, 0.15) is 50.3 Å². The minimum Gasteiger partial charge on any atom is -0.330 e. The number of aryl methyl sites for hydroxylation is 1. The Morgan fingerprint density at radius 3 is 2.80 bits per heavy atom. The molecule has 3 rings (SSSR count). The van der Waals surface area contributed by atoms with Gasteiger partial charge < -0.3 is 9.88 Å². The van der Waals surface area contributed by atoms with Gasteiger partial charge in [-0.3, -0.25) is 4.90 Å². The van der Waals surface area contributed by atoms with Crippen molar-refractivity contribution in [2.75, 3.05) is 19.6 Å². The van der Waals surface area contributed by atoms with Crippen molar-refractivity contribution in [1.82, 2.24) is 19.8 Å². The average Bonchev–Trinajstić information content (AvgIpc) is 2.86. The number of nitrogens with one attached hydrogen (secondary N) is 1. The number of imidazole rings is 1. The Hall–Kier alpha value is -0.870. The van der Waals surface area contributed by atoms with Gasteiger partial charge in [0.25, 0.3) is 0 Å². The molecule has 0 aliphatic carbocycles. The summed E-state index contributed by atoms with van der Waals surface area (Å²) in [6.07, 6.45) is 6.33. The van der Waals surface area contributed by atoms with Crippen LogP contribution in [0.25, 0.3) is 0 Å². The highest BCUT2D eigenvalue weighted by atomic mass is 15.2. The van der Waals surface area contributed by atoms with E-state index in [1.807, 2.05) is 0 Å². The Balaban J connectivity index is 1.76. The van der Waals surface area contributed by atoms with Gasteiger partial charge in [0.15, 0.2) is 0 Å². The lowest BCUT2D eigenvalue weighted by atomic mass is 10.1. The molecule has 1 fully saturated rings. The Morgan fingerprint density at radius 1 is 1.25 bits per heavy atom. The maximum atomic E-state index is 4.85. The van der Waals surface area contributed by atoms with E-state index >= 15 is 0 Å². The van der Waals surface area contributed by atoms with Crippen LogP contribution in [-0.2, 0) is 25.9 Å². The molecular formula is C16H28N4. The first-order valence-corrected chi connectivity index (χ1v) is 8.31. The van der Waals surface area contributed by atoms with Crippen molar-refractivity contribution in [3.8, 4) is 0 Å². The summed E-state index contributed by atoms with van der Waals surface area (Å²) < 4.78 is 2.52. The van der Waals surface area contributed by atoms with Gasteiger partial charge in [-0.15, -0.1) is 0 Å². The van der Waals surface area contributed by atoms with Crippen LogP contribution in [0.15, 0.2) is 0 Å². The summed E-state index contributed by atoms with van der Waals surface area (Å²) in [7, 11) is 0. The van der Waals surface area contributed by atoms with Gasteiger partial charge in [0.05, 0.1) is 5.69 Å². The van der Waals surface area contributed by atoms with Crippen LogP contribution in [0, 0.1) is 0 Å². The van der Waals surface area contributed by atoms with Crippen molar-refractivity contribution in [2.45, 2.75) is 65.1 Å². The minimum atomic E-state index is 0.633. The molecule has 1 atom stereocenters. The van der Waals surface area contributed by atoms with E-state index in [4.69, 9.17) is 4.98 Å². The molecule has 1 saturated heterocycles. The molecule has 1 aromatic rings. The monoisotopic (exact) mass is 276 g/mol. The van der Waals surface area contributed by atoms with Crippen LogP contribution in [0.3, 0.4) is 0 Å². The summed E-state index contributed by atoms with van der Waals surface area (Å²) in [4.78, 5) is 7.51. The quantitative estimate of drug-likeness (QED) is 0.912. The van der Waals surface area contributed by atoms with E-state index in [1.165, 1.54) is 49.6 Å². The maximum Gasteiger partial charge on any atom is 0.109 e. The van der Waals surface area contributed by atoms with Crippen LogP contribution in [-0.4, -0.2) is 40.1 Å². The third-order valence-electron chi connectivity index (χ3n) is 4.84. The first-order valence-electron chi connectivity index (χ1n) is 8.31. The molecule has 112 valence electrons. The van der Waals surface area contributed by atoms with E-state index < -0.39 is 0 Å². The van der Waals surface area contributed by atoms with Gasteiger partial charge in [-0.25, -0.2) is 4.98 Å². The summed E-state index contributed by atoms with van der Waals surface area (Å²) in [6.45, 7) is 10.3. The van der Waals surface area contributed by atoms with Crippen molar-refractivity contribution >= 4 is 0 Å². The third-order valence-corrected chi connectivity index (χ3v) is 4.84. The molecule has 0 radical (unpaired) electrons. The van der Waals surface area contributed by atoms with Crippen molar-refractivity contribution in [1.29, 1.82) is 0 Å². The summed E-state index contributed by atoms with van der Waals surface area (Å²) in [5, 5.41) is 3.44. The fraction of sp³-hybridized carbons (Fsp3) is 0.812. The molecule has 2 aliphatic rings. The SMILES string of the molecule is CCc1nc2c(n1CC(C)N1CCCCC1)CCNC2. The molecule has 0 aromatic carbocycles. The Kier molecular flexibility index (Phi) is 4.41. The molecule has 1 unspecified atom stereocenters.